The van der Waals surface area contributed by atoms with E-state index in [9.17, 15) is 14.4 Å². The molecule has 0 fully saturated rings. The van der Waals surface area contributed by atoms with E-state index in [0.29, 0.717) is 24.6 Å². The molecule has 0 saturated heterocycles. The maximum atomic E-state index is 13.8. The molecule has 2 aromatic rings. The summed E-state index contributed by atoms with van der Waals surface area (Å²) < 4.78 is 9.43. The first-order valence-electron chi connectivity index (χ1n) is 11.3. The van der Waals surface area contributed by atoms with Crippen molar-refractivity contribution in [3.63, 3.8) is 0 Å². The minimum absolute atomic E-state index is 0.0731. The molecule has 34 heavy (non-hydrogen) atoms. The van der Waals surface area contributed by atoms with E-state index < -0.39 is 17.9 Å². The molecule has 0 aliphatic rings. The van der Waals surface area contributed by atoms with Gasteiger partial charge in [-0.25, -0.2) is 0 Å². The first-order chi connectivity index (χ1) is 16.1. The summed E-state index contributed by atoms with van der Waals surface area (Å²) in [4.78, 5) is 40.3. The molecule has 1 aromatic heterocycles. The molecule has 186 valence electrons. The van der Waals surface area contributed by atoms with E-state index in [1.54, 1.807) is 13.2 Å². The molecule has 5 N–H and O–H groups in total. The fourth-order valence-electron chi connectivity index (χ4n) is 3.52. The average molecular weight is 490 g/mol. The van der Waals surface area contributed by atoms with E-state index in [2.05, 4.69) is 23.5 Å². The Morgan fingerprint density at radius 3 is 2.38 bits per heavy atom. The summed E-state index contributed by atoms with van der Waals surface area (Å²) in [5.74, 6) is -0.379. The lowest BCUT2D eigenvalue weighted by molar-refractivity contribution is -0.126. The van der Waals surface area contributed by atoms with E-state index in [-0.39, 0.29) is 34.6 Å². The van der Waals surface area contributed by atoms with Crippen LogP contribution < -0.4 is 21.5 Å². The number of amides is 3. The highest BCUT2D eigenvalue weighted by Crippen LogP contribution is 2.28. The summed E-state index contributed by atoms with van der Waals surface area (Å²) in [6.07, 6.45) is 1.26. The van der Waals surface area contributed by atoms with Crippen molar-refractivity contribution in [3.8, 4) is 5.75 Å². The van der Waals surface area contributed by atoms with Crippen LogP contribution in [0, 0.1) is 11.8 Å². The second-order valence-electron chi connectivity index (χ2n) is 9.00. The summed E-state index contributed by atoms with van der Waals surface area (Å²) in [5, 5.41) is 2.98. The van der Waals surface area contributed by atoms with Crippen molar-refractivity contribution in [1.82, 2.24) is 14.6 Å². The molecule has 0 bridgehead atoms. The number of carbonyl (C=O) groups is 3. The van der Waals surface area contributed by atoms with Crippen LogP contribution in [0.5, 0.6) is 5.75 Å². The Kier molecular flexibility index (Phi) is 9.85. The van der Waals surface area contributed by atoms with Gasteiger partial charge < -0.3 is 26.4 Å². The number of nitrogens with one attached hydrogen (secondary N) is 1. The number of rotatable bonds is 12. The first kappa shape index (κ1) is 27.1. The molecule has 10 heteroatoms. The Morgan fingerprint density at radius 1 is 1.15 bits per heavy atom. The quantitative estimate of drug-likeness (QED) is 0.418. The second-order valence-corrected chi connectivity index (χ2v) is 9.78. The number of aromatic nitrogens is 1. The Labute approximate surface area is 205 Å². The minimum Gasteiger partial charge on any atom is -0.496 e. The maximum Gasteiger partial charge on any atom is 0.270 e. The predicted molar refractivity (Wildman–Crippen MR) is 134 cm³/mol. The molecule has 0 saturated carbocycles. The lowest BCUT2D eigenvalue weighted by Crippen LogP contribution is -2.50. The highest BCUT2D eigenvalue weighted by molar-refractivity contribution is 7.09. The number of anilines is 1. The van der Waals surface area contributed by atoms with Gasteiger partial charge in [0.25, 0.3) is 11.8 Å². The largest absolute Gasteiger partial charge is 0.496 e. The number of methoxy groups -OCH3 is 1. The highest BCUT2D eigenvalue weighted by atomic mass is 32.1. The van der Waals surface area contributed by atoms with E-state index in [0.717, 1.165) is 23.5 Å². The predicted octanol–water partition coefficient (Wildman–Crippen LogP) is 3.05. The van der Waals surface area contributed by atoms with Crippen LogP contribution in [-0.4, -0.2) is 46.7 Å². The topological polar surface area (TPSA) is 141 Å². The van der Waals surface area contributed by atoms with Gasteiger partial charge in [0.15, 0.2) is 5.69 Å². The van der Waals surface area contributed by atoms with E-state index >= 15 is 0 Å². The Hall–Kier alpha value is -3.14. The zero-order valence-corrected chi connectivity index (χ0v) is 21.3. The number of nitrogens with two attached hydrogens (primary N) is 2. The van der Waals surface area contributed by atoms with Crippen LogP contribution in [0.15, 0.2) is 24.3 Å². The number of ether oxygens (including phenoxy) is 1. The number of nitrogen functional groups attached to an aromatic ring is 1. The van der Waals surface area contributed by atoms with E-state index in [1.165, 1.54) is 4.90 Å². The van der Waals surface area contributed by atoms with Crippen LogP contribution in [0.4, 0.5) is 5.69 Å². The van der Waals surface area contributed by atoms with E-state index in [1.807, 2.05) is 32.0 Å². The molecule has 0 spiro atoms. The molecule has 2 rings (SSSR count). The van der Waals surface area contributed by atoms with Crippen molar-refractivity contribution in [1.29, 1.82) is 0 Å². The smallest absolute Gasteiger partial charge is 0.270 e. The summed E-state index contributed by atoms with van der Waals surface area (Å²) in [7, 11) is 1.55. The van der Waals surface area contributed by atoms with Gasteiger partial charge in [-0.1, -0.05) is 45.9 Å². The van der Waals surface area contributed by atoms with E-state index in [4.69, 9.17) is 16.2 Å². The standard InChI is InChI=1S/C24H35N5O4S/c1-14(2)10-11-27-23(31)17(12-15(3)4)29(13-16-8-6-7-9-18(16)33-5)24(32)21-19(25)20(22(26)30)28-34-21/h6-9,14-15,17H,10-13,25H2,1-5H3,(H2,26,30)(H,27,31)/t17-/m0/s1. The number of carbonyl (C=O) groups excluding carboxylic acids is 3. The third kappa shape index (κ3) is 6.93. The zero-order chi connectivity index (χ0) is 25.4. The van der Waals surface area contributed by atoms with Crippen LogP contribution in [0.1, 0.15) is 66.3 Å². The fourth-order valence-corrected chi connectivity index (χ4v) is 4.29. The van der Waals surface area contributed by atoms with Gasteiger partial charge in [-0.15, -0.1) is 0 Å². The number of primary amides is 1. The lowest BCUT2D eigenvalue weighted by Gasteiger charge is -2.32. The Morgan fingerprint density at radius 2 is 1.82 bits per heavy atom. The number of nitrogens with zero attached hydrogens (tertiary/aromatic N) is 2. The normalized spacial score (nSPS) is 12.0. The van der Waals surface area contributed by atoms with Gasteiger partial charge in [-0.2, -0.15) is 4.37 Å². The van der Waals surface area contributed by atoms with Gasteiger partial charge in [-0.3, -0.25) is 14.4 Å². The van der Waals surface area contributed by atoms with Crippen molar-refractivity contribution in [3.05, 3.63) is 40.4 Å². The zero-order valence-electron chi connectivity index (χ0n) is 20.5. The Balaban J connectivity index is 2.50. The molecule has 0 radical (unpaired) electrons. The van der Waals surface area contributed by atoms with Crippen LogP contribution in [0.2, 0.25) is 0 Å². The van der Waals surface area contributed by atoms with Gasteiger partial charge in [0.1, 0.15) is 16.7 Å². The van der Waals surface area contributed by atoms with Gasteiger partial charge in [-0.05, 0) is 42.3 Å². The molecular formula is C24H35N5O4S. The van der Waals surface area contributed by atoms with Gasteiger partial charge in [0, 0.05) is 12.1 Å². The summed E-state index contributed by atoms with van der Waals surface area (Å²) in [5.41, 5.74) is 11.9. The third-order valence-corrected chi connectivity index (χ3v) is 6.20. The number of para-hydroxylation sites is 1. The van der Waals surface area contributed by atoms with Gasteiger partial charge in [0.2, 0.25) is 5.91 Å². The van der Waals surface area contributed by atoms with Crippen LogP contribution in [-0.2, 0) is 11.3 Å². The van der Waals surface area contributed by atoms with Gasteiger partial charge in [0.05, 0.1) is 19.3 Å². The first-order valence-corrected chi connectivity index (χ1v) is 12.1. The second kappa shape index (κ2) is 12.4. The van der Waals surface area contributed by atoms with Crippen LogP contribution in [0.3, 0.4) is 0 Å². The number of benzene rings is 1. The Bertz CT molecular complexity index is 1000. The summed E-state index contributed by atoms with van der Waals surface area (Å²) >= 11 is 0.801. The van der Waals surface area contributed by atoms with Crippen molar-refractivity contribution >= 4 is 34.9 Å². The molecule has 1 heterocycles. The monoisotopic (exact) mass is 489 g/mol. The molecule has 1 aromatic carbocycles. The minimum atomic E-state index is -0.811. The van der Waals surface area contributed by atoms with Crippen LogP contribution in [0.25, 0.3) is 0 Å². The maximum absolute atomic E-state index is 13.8. The van der Waals surface area contributed by atoms with Crippen molar-refractivity contribution in [2.24, 2.45) is 17.6 Å². The van der Waals surface area contributed by atoms with Crippen molar-refractivity contribution in [2.45, 2.75) is 53.1 Å². The van der Waals surface area contributed by atoms with Crippen molar-refractivity contribution < 1.29 is 19.1 Å². The summed E-state index contributed by atoms with van der Waals surface area (Å²) in [6, 6.07) is 6.55. The number of hydrogen-bond acceptors (Lipinski definition) is 7. The van der Waals surface area contributed by atoms with Gasteiger partial charge >= 0.3 is 0 Å². The molecule has 0 aliphatic carbocycles. The molecule has 0 unspecified atom stereocenters. The van der Waals surface area contributed by atoms with Crippen LogP contribution >= 0.6 is 11.5 Å². The molecule has 9 nitrogen and oxygen atoms in total. The molecule has 3 amide bonds. The molecular weight excluding hydrogens is 454 g/mol. The molecule has 1 atom stereocenters. The average Bonchev–Trinajstić information content (AvgIpc) is 3.17. The highest BCUT2D eigenvalue weighted by Gasteiger charge is 2.34. The third-order valence-electron chi connectivity index (χ3n) is 5.34. The SMILES string of the molecule is COc1ccccc1CN(C(=O)c1snc(C(N)=O)c1N)[C@@H](CC(C)C)C(=O)NCCC(C)C. The molecule has 0 aliphatic heterocycles. The van der Waals surface area contributed by atoms with Crippen molar-refractivity contribution in [2.75, 3.05) is 19.4 Å². The fraction of sp³-hybridized carbons (Fsp3) is 0.500. The number of hydrogen-bond donors (Lipinski definition) is 3. The summed E-state index contributed by atoms with van der Waals surface area (Å²) in [6.45, 7) is 8.77. The lowest BCUT2D eigenvalue weighted by atomic mass is 10.00.